The molecule has 8 nitrogen and oxygen atoms in total. The van der Waals surface area contributed by atoms with Crippen LogP contribution in [0.1, 0.15) is 62.1 Å². The van der Waals surface area contributed by atoms with Crippen LogP contribution in [0.4, 0.5) is 5.69 Å². The third kappa shape index (κ3) is 7.49. The third-order valence-electron chi connectivity index (χ3n) is 9.35. The van der Waals surface area contributed by atoms with Crippen molar-refractivity contribution in [1.29, 1.82) is 0 Å². The SMILES string of the molecule is CCC[C@H](C(N)=O)[C@@H](CC1CCC1)C(=O)NC1N=C(c2ccccc2)c2ccccc2N(Cc2cccc(Oc3ccccc3)c2)C1=O. The largest absolute Gasteiger partial charge is 0.457 e. The molecule has 0 saturated heterocycles. The van der Waals surface area contributed by atoms with E-state index in [1.54, 1.807) is 4.90 Å². The Kier molecular flexibility index (Phi) is 10.3. The number of nitrogens with zero attached hydrogens (tertiary/aromatic N) is 2. The standard InChI is InChI=1S/C40H42N4O4/c1-2-13-32(37(41)45)34(25-27-14-11-15-27)39(46)43-38-40(47)44(26-28-16-12-21-31(24-28)48-30-19-7-4-8-20-30)35-23-10-9-22-33(35)36(42-38)29-17-5-3-6-18-29/h3-10,12,16-24,27,32,34,38H,2,11,13-15,25-26H2,1H3,(H2,41,45)(H,43,46)/t32-,34+,38?/m0/s1. The van der Waals surface area contributed by atoms with Gasteiger partial charge in [0.05, 0.1) is 17.9 Å². The van der Waals surface area contributed by atoms with E-state index in [-0.39, 0.29) is 18.4 Å². The lowest BCUT2D eigenvalue weighted by Crippen LogP contribution is -2.51. The second kappa shape index (κ2) is 15.1. The minimum atomic E-state index is -1.22. The van der Waals surface area contributed by atoms with Crippen LogP contribution in [0.2, 0.25) is 0 Å². The van der Waals surface area contributed by atoms with Crippen LogP contribution in [-0.2, 0) is 20.9 Å². The summed E-state index contributed by atoms with van der Waals surface area (Å²) in [4.78, 5) is 48.1. The predicted molar refractivity (Wildman–Crippen MR) is 188 cm³/mol. The quantitative estimate of drug-likeness (QED) is 0.163. The molecule has 246 valence electrons. The summed E-state index contributed by atoms with van der Waals surface area (Å²) in [5, 5.41) is 3.00. The van der Waals surface area contributed by atoms with Crippen LogP contribution in [0.15, 0.2) is 114 Å². The van der Waals surface area contributed by atoms with E-state index in [1.807, 2.05) is 116 Å². The van der Waals surface area contributed by atoms with Crippen LogP contribution < -0.4 is 20.7 Å². The first-order valence-electron chi connectivity index (χ1n) is 16.9. The van der Waals surface area contributed by atoms with Crippen molar-refractivity contribution in [2.24, 2.45) is 28.5 Å². The van der Waals surface area contributed by atoms with Crippen LogP contribution in [0, 0.1) is 17.8 Å². The Bertz CT molecular complexity index is 1770. The van der Waals surface area contributed by atoms with E-state index >= 15 is 0 Å². The molecule has 1 fully saturated rings. The zero-order valence-corrected chi connectivity index (χ0v) is 27.3. The number of benzodiazepines with no additional fused rings is 1. The van der Waals surface area contributed by atoms with Gasteiger partial charge in [-0.2, -0.15) is 0 Å². The van der Waals surface area contributed by atoms with Gasteiger partial charge in [0, 0.05) is 23.0 Å². The molecule has 1 saturated carbocycles. The van der Waals surface area contributed by atoms with Crippen LogP contribution in [0.3, 0.4) is 0 Å². The zero-order valence-electron chi connectivity index (χ0n) is 27.3. The fourth-order valence-electron chi connectivity index (χ4n) is 6.66. The molecule has 2 aliphatic rings. The Morgan fingerprint density at radius 3 is 2.27 bits per heavy atom. The second-order valence-corrected chi connectivity index (χ2v) is 12.7. The number of fused-ring (bicyclic) bond motifs is 1. The van der Waals surface area contributed by atoms with Gasteiger partial charge in [0.1, 0.15) is 11.5 Å². The van der Waals surface area contributed by atoms with E-state index in [0.29, 0.717) is 41.7 Å². The van der Waals surface area contributed by atoms with E-state index in [4.69, 9.17) is 15.5 Å². The van der Waals surface area contributed by atoms with Crippen LogP contribution in [-0.4, -0.2) is 29.6 Å². The van der Waals surface area contributed by atoms with Crippen molar-refractivity contribution >= 4 is 29.1 Å². The molecule has 1 heterocycles. The average molecular weight is 643 g/mol. The van der Waals surface area contributed by atoms with Gasteiger partial charge in [-0.25, -0.2) is 4.99 Å². The van der Waals surface area contributed by atoms with Crippen LogP contribution in [0.5, 0.6) is 11.5 Å². The number of ether oxygens (including phenoxy) is 1. The van der Waals surface area contributed by atoms with Crippen molar-refractivity contribution in [2.45, 2.75) is 58.2 Å². The Hall–Kier alpha value is -5.24. The molecule has 3 N–H and O–H groups in total. The number of carbonyl (C=O) groups is 3. The van der Waals surface area contributed by atoms with E-state index < -0.39 is 23.9 Å². The molecule has 1 unspecified atom stereocenters. The van der Waals surface area contributed by atoms with Gasteiger partial charge in [0.15, 0.2) is 0 Å². The number of rotatable bonds is 13. The highest BCUT2D eigenvalue weighted by Gasteiger charge is 2.39. The molecule has 3 atom stereocenters. The molecule has 48 heavy (non-hydrogen) atoms. The minimum absolute atomic E-state index is 0.219. The molecule has 0 aromatic heterocycles. The first-order valence-corrected chi connectivity index (χ1v) is 16.9. The number of nitrogens with two attached hydrogens (primary N) is 1. The van der Waals surface area contributed by atoms with Gasteiger partial charge in [0.25, 0.3) is 5.91 Å². The molecule has 1 aliphatic carbocycles. The summed E-state index contributed by atoms with van der Waals surface area (Å²) < 4.78 is 6.09. The van der Waals surface area contributed by atoms with Crippen molar-refractivity contribution < 1.29 is 19.1 Å². The molecule has 3 amide bonds. The van der Waals surface area contributed by atoms with Gasteiger partial charge >= 0.3 is 0 Å². The lowest BCUT2D eigenvalue weighted by atomic mass is 9.74. The fourth-order valence-corrected chi connectivity index (χ4v) is 6.66. The molecular weight excluding hydrogens is 600 g/mol. The number of aliphatic imine (C=N–C) groups is 1. The summed E-state index contributed by atoms with van der Waals surface area (Å²) in [6.45, 7) is 2.20. The van der Waals surface area contributed by atoms with Crippen molar-refractivity contribution in [3.63, 3.8) is 0 Å². The van der Waals surface area contributed by atoms with Gasteiger partial charge < -0.3 is 20.7 Å². The predicted octanol–water partition coefficient (Wildman–Crippen LogP) is 7.01. The lowest BCUT2D eigenvalue weighted by Gasteiger charge is -2.33. The Morgan fingerprint density at radius 2 is 1.58 bits per heavy atom. The molecule has 1 aliphatic heterocycles. The molecular formula is C40H42N4O4. The highest BCUT2D eigenvalue weighted by atomic mass is 16.5. The van der Waals surface area contributed by atoms with Gasteiger partial charge in [-0.3, -0.25) is 14.4 Å². The normalized spacial score (nSPS) is 17.3. The summed E-state index contributed by atoms with van der Waals surface area (Å²) >= 11 is 0. The maximum absolute atomic E-state index is 14.6. The Labute approximate surface area is 282 Å². The van der Waals surface area contributed by atoms with Crippen molar-refractivity contribution in [3.8, 4) is 11.5 Å². The van der Waals surface area contributed by atoms with Crippen molar-refractivity contribution in [2.75, 3.05) is 4.90 Å². The number of nitrogens with one attached hydrogen (secondary N) is 1. The molecule has 4 aromatic rings. The molecule has 8 heteroatoms. The highest BCUT2D eigenvalue weighted by molar-refractivity contribution is 6.20. The summed E-state index contributed by atoms with van der Waals surface area (Å²) in [7, 11) is 0. The number of primary amides is 1. The highest BCUT2D eigenvalue weighted by Crippen LogP contribution is 2.36. The van der Waals surface area contributed by atoms with Gasteiger partial charge in [-0.05, 0) is 54.7 Å². The van der Waals surface area contributed by atoms with E-state index in [0.717, 1.165) is 42.4 Å². The number of amides is 3. The lowest BCUT2D eigenvalue weighted by molar-refractivity contribution is -0.136. The summed E-state index contributed by atoms with van der Waals surface area (Å²) in [6.07, 6.45) is 3.74. The summed E-state index contributed by atoms with van der Waals surface area (Å²) in [5.74, 6) is -0.752. The number of hydrogen-bond acceptors (Lipinski definition) is 5. The maximum atomic E-state index is 14.6. The van der Waals surface area contributed by atoms with Crippen LogP contribution >= 0.6 is 0 Å². The van der Waals surface area contributed by atoms with E-state index in [1.165, 1.54) is 0 Å². The van der Waals surface area contributed by atoms with E-state index in [2.05, 4.69) is 5.32 Å². The number of hydrogen-bond donors (Lipinski definition) is 2. The average Bonchev–Trinajstić information content (AvgIpc) is 3.19. The summed E-state index contributed by atoms with van der Waals surface area (Å²) in [6, 6.07) is 34.5. The first-order chi connectivity index (χ1) is 23.4. The summed E-state index contributed by atoms with van der Waals surface area (Å²) in [5.41, 5.74) is 9.60. The third-order valence-corrected chi connectivity index (χ3v) is 9.35. The van der Waals surface area contributed by atoms with Gasteiger partial charge in [-0.15, -0.1) is 0 Å². The minimum Gasteiger partial charge on any atom is -0.457 e. The number of carbonyl (C=O) groups excluding carboxylic acids is 3. The number of anilines is 1. The van der Waals surface area contributed by atoms with Gasteiger partial charge in [-0.1, -0.05) is 111 Å². The number of para-hydroxylation sites is 2. The molecule has 0 spiro atoms. The van der Waals surface area contributed by atoms with E-state index in [9.17, 15) is 14.4 Å². The first kappa shape index (κ1) is 32.7. The Balaban J connectivity index is 1.37. The zero-order chi connectivity index (χ0) is 33.5. The Morgan fingerprint density at radius 1 is 0.896 bits per heavy atom. The number of benzene rings is 4. The fraction of sp³-hybridized carbons (Fsp3) is 0.300. The van der Waals surface area contributed by atoms with Gasteiger partial charge in [0.2, 0.25) is 18.0 Å². The molecule has 4 aromatic carbocycles. The molecule has 0 bridgehead atoms. The van der Waals surface area contributed by atoms with Crippen molar-refractivity contribution in [1.82, 2.24) is 5.32 Å². The van der Waals surface area contributed by atoms with Crippen LogP contribution in [0.25, 0.3) is 0 Å². The monoisotopic (exact) mass is 642 g/mol. The topological polar surface area (TPSA) is 114 Å². The molecule has 0 radical (unpaired) electrons. The second-order valence-electron chi connectivity index (χ2n) is 12.7. The van der Waals surface area contributed by atoms with Crippen molar-refractivity contribution in [3.05, 3.63) is 126 Å². The molecule has 6 rings (SSSR count). The maximum Gasteiger partial charge on any atom is 0.272 e. The smallest absolute Gasteiger partial charge is 0.272 e.